The number of hydrogen-bond acceptors (Lipinski definition) is 9. The number of rotatable bonds is 8. The molecular weight excluding hydrogens is 706 g/mol. The van der Waals surface area contributed by atoms with E-state index < -0.39 is 40.8 Å². The summed E-state index contributed by atoms with van der Waals surface area (Å²) in [6, 6.07) is 17.9. The van der Waals surface area contributed by atoms with Gasteiger partial charge in [-0.2, -0.15) is 0 Å². The quantitative estimate of drug-likeness (QED) is 0.171. The molecule has 2 aliphatic heterocycles. The van der Waals surface area contributed by atoms with Gasteiger partial charge in [0.1, 0.15) is 11.0 Å². The first-order chi connectivity index (χ1) is 21.6. The van der Waals surface area contributed by atoms with Gasteiger partial charge in [-0.3, -0.25) is 19.2 Å². The van der Waals surface area contributed by atoms with Crippen LogP contribution in [0.4, 0.5) is 11.4 Å². The van der Waals surface area contributed by atoms with Crippen LogP contribution in [-0.2, 0) is 19.1 Å². The van der Waals surface area contributed by atoms with Crippen LogP contribution in [0.2, 0.25) is 5.02 Å². The number of thiazole rings is 1. The lowest BCUT2D eigenvalue weighted by molar-refractivity contribution is -0.122. The zero-order valence-electron chi connectivity index (χ0n) is 23.4. The molecule has 0 saturated carbocycles. The normalized spacial score (nSPS) is 18.7. The van der Waals surface area contributed by atoms with Crippen LogP contribution in [0, 0.1) is 5.92 Å². The summed E-state index contributed by atoms with van der Waals surface area (Å²) in [4.78, 5) is 69.6. The van der Waals surface area contributed by atoms with Crippen LogP contribution in [0.5, 0.6) is 5.75 Å². The lowest BCUT2D eigenvalue weighted by Gasteiger charge is -2.31. The predicted molar refractivity (Wildman–Crippen MR) is 175 cm³/mol. The van der Waals surface area contributed by atoms with Gasteiger partial charge in [0, 0.05) is 31.5 Å². The summed E-state index contributed by atoms with van der Waals surface area (Å²) in [7, 11) is 0. The summed E-state index contributed by atoms with van der Waals surface area (Å²) in [5, 5.41) is 2.94. The Morgan fingerprint density at radius 1 is 1.02 bits per heavy atom. The highest BCUT2D eigenvalue weighted by Gasteiger charge is 2.56. The molecule has 230 valence electrons. The van der Waals surface area contributed by atoms with Gasteiger partial charge in [0.2, 0.25) is 11.8 Å². The van der Waals surface area contributed by atoms with Crippen LogP contribution < -0.4 is 19.8 Å². The summed E-state index contributed by atoms with van der Waals surface area (Å²) in [5.74, 6) is -3.12. The highest BCUT2D eigenvalue weighted by atomic mass is 79.9. The van der Waals surface area contributed by atoms with Crippen LogP contribution in [0.15, 0.2) is 81.0 Å². The maximum Gasteiger partial charge on any atom is 0.338 e. The molecule has 0 radical (unpaired) electrons. The number of fused-ring (bicyclic) bond motifs is 2. The fourth-order valence-electron chi connectivity index (χ4n) is 5.34. The molecular formula is C31H23BrClN3O7S2. The molecule has 3 heterocycles. The summed E-state index contributed by atoms with van der Waals surface area (Å²) < 4.78 is 11.7. The van der Waals surface area contributed by atoms with E-state index in [1.807, 2.05) is 0 Å². The van der Waals surface area contributed by atoms with Crippen LogP contribution in [0.1, 0.15) is 33.6 Å². The summed E-state index contributed by atoms with van der Waals surface area (Å²) in [6.45, 7) is 1.58. The number of aromatic amines is 1. The zero-order valence-corrected chi connectivity index (χ0v) is 27.3. The second-order valence-electron chi connectivity index (χ2n) is 10.1. The molecule has 1 fully saturated rings. The Kier molecular flexibility index (Phi) is 8.87. The minimum atomic E-state index is -0.884. The first-order valence-corrected chi connectivity index (χ1v) is 16.5. The van der Waals surface area contributed by atoms with E-state index in [0.717, 1.165) is 28.0 Å². The number of benzene rings is 3. The van der Waals surface area contributed by atoms with Crippen molar-refractivity contribution in [2.75, 3.05) is 23.4 Å². The fraction of sp³-hybridized carbons (Fsp3) is 0.194. The lowest BCUT2D eigenvalue weighted by Crippen LogP contribution is -2.32. The Hall–Kier alpha value is -3.91. The van der Waals surface area contributed by atoms with Crippen molar-refractivity contribution in [2.24, 2.45) is 5.92 Å². The van der Waals surface area contributed by atoms with Crippen LogP contribution >= 0.6 is 50.6 Å². The van der Waals surface area contributed by atoms with Gasteiger partial charge in [0.15, 0.2) is 6.61 Å². The van der Waals surface area contributed by atoms with Crippen molar-refractivity contribution in [3.8, 4) is 5.75 Å². The summed E-state index contributed by atoms with van der Waals surface area (Å²) >= 11 is 11.5. The molecule has 6 rings (SSSR count). The molecule has 3 amide bonds. The molecule has 2 N–H and O–H groups in total. The molecule has 0 bridgehead atoms. The highest BCUT2D eigenvalue weighted by Crippen LogP contribution is 2.54. The molecule has 45 heavy (non-hydrogen) atoms. The highest BCUT2D eigenvalue weighted by molar-refractivity contribution is 9.10. The van der Waals surface area contributed by atoms with Gasteiger partial charge in [-0.05, 0) is 73.7 Å². The maximum absolute atomic E-state index is 14.2. The Labute approximate surface area is 278 Å². The summed E-state index contributed by atoms with van der Waals surface area (Å²) in [5.41, 5.74) is 1.69. The Balaban J connectivity index is 1.33. The van der Waals surface area contributed by atoms with Crippen LogP contribution in [0.3, 0.4) is 0 Å². The lowest BCUT2D eigenvalue weighted by atomic mass is 9.82. The number of amides is 3. The van der Waals surface area contributed by atoms with Gasteiger partial charge in [-0.1, -0.05) is 50.6 Å². The number of thioether (sulfide) groups is 1. The number of carbonyl (C=O) groups excluding carboxylic acids is 4. The van der Waals surface area contributed by atoms with Crippen LogP contribution in [-0.4, -0.2) is 47.1 Å². The number of esters is 1. The van der Waals surface area contributed by atoms with Crippen molar-refractivity contribution < 1.29 is 28.7 Å². The molecule has 10 nitrogen and oxygen atoms in total. The van der Waals surface area contributed by atoms with E-state index in [2.05, 4.69) is 26.2 Å². The van der Waals surface area contributed by atoms with E-state index in [1.165, 1.54) is 24.3 Å². The van der Waals surface area contributed by atoms with Gasteiger partial charge < -0.3 is 19.8 Å². The average molecular weight is 729 g/mol. The number of ether oxygens (including phenoxy) is 2. The number of aromatic nitrogens is 1. The van der Waals surface area contributed by atoms with Crippen molar-refractivity contribution in [2.45, 2.75) is 23.1 Å². The number of nitrogens with one attached hydrogen (secondary N) is 2. The van der Waals surface area contributed by atoms with Gasteiger partial charge >= 0.3 is 10.8 Å². The monoisotopic (exact) mass is 727 g/mol. The van der Waals surface area contributed by atoms with Crippen molar-refractivity contribution in [3.63, 3.8) is 0 Å². The van der Waals surface area contributed by atoms with E-state index >= 15 is 0 Å². The third-order valence-electron chi connectivity index (χ3n) is 7.25. The van der Waals surface area contributed by atoms with E-state index in [1.54, 1.807) is 49.4 Å². The molecule has 2 unspecified atom stereocenters. The number of halogens is 2. The first kappa shape index (κ1) is 31.1. The fourth-order valence-corrected chi connectivity index (χ4v) is 8.35. The SMILES string of the molecule is CCOC(=O)c1ccc(N2C(=O)C3Sc4[nH]c(=O)sc4[C@H](c4cc(Br)ccc4OCC(=O)Nc4ccc(Cl)cc4)C3C2=O)cc1. The minimum Gasteiger partial charge on any atom is -0.483 e. The first-order valence-electron chi connectivity index (χ1n) is 13.7. The standard InChI is InChI=1S/C31H23BrClN3O7S2/c1-2-42-30(40)15-3-10-19(11-4-15)36-28(38)24-23(25-27(35-31(41)45-25)44-26(24)29(36)39)20-13-16(32)5-12-21(20)43-14-22(37)34-18-8-6-17(33)7-9-18/h3-13,23-24,26H,2,14H2,1H3,(H,34,37)(H,35,41)/t23-,24?,26?/m1/s1. The van der Waals surface area contributed by atoms with Gasteiger partial charge in [0.05, 0.1) is 28.8 Å². The Morgan fingerprint density at radius 2 is 1.76 bits per heavy atom. The minimum absolute atomic E-state index is 0.214. The molecule has 3 aromatic carbocycles. The number of carbonyl (C=O) groups is 4. The zero-order chi connectivity index (χ0) is 31.8. The van der Waals surface area contributed by atoms with Gasteiger partial charge in [-0.15, -0.1) is 0 Å². The number of hydrogen-bond donors (Lipinski definition) is 2. The largest absolute Gasteiger partial charge is 0.483 e. The molecule has 1 aromatic heterocycles. The molecule has 3 atom stereocenters. The van der Waals surface area contributed by atoms with E-state index in [4.69, 9.17) is 21.1 Å². The smallest absolute Gasteiger partial charge is 0.338 e. The Morgan fingerprint density at radius 3 is 2.47 bits per heavy atom. The second-order valence-corrected chi connectivity index (χ2v) is 13.6. The number of nitrogens with zero attached hydrogens (tertiary/aromatic N) is 1. The third-order valence-corrected chi connectivity index (χ3v) is 10.4. The second kappa shape index (κ2) is 12.8. The van der Waals surface area contributed by atoms with Crippen molar-refractivity contribution in [1.82, 2.24) is 4.98 Å². The summed E-state index contributed by atoms with van der Waals surface area (Å²) in [6.07, 6.45) is 0. The number of anilines is 2. The topological polar surface area (TPSA) is 135 Å². The molecule has 2 aliphatic rings. The molecule has 14 heteroatoms. The van der Waals surface area contributed by atoms with Crippen molar-refractivity contribution >= 4 is 85.7 Å². The average Bonchev–Trinajstić information content (AvgIpc) is 3.51. The third kappa shape index (κ3) is 6.17. The Bertz CT molecular complexity index is 1880. The molecule has 0 aliphatic carbocycles. The molecule has 4 aromatic rings. The number of H-pyrrole nitrogens is 1. The molecule has 0 spiro atoms. The van der Waals surface area contributed by atoms with Gasteiger partial charge in [-0.25, -0.2) is 9.69 Å². The maximum atomic E-state index is 14.2. The van der Waals surface area contributed by atoms with Gasteiger partial charge in [0.25, 0.3) is 5.91 Å². The van der Waals surface area contributed by atoms with Crippen LogP contribution in [0.25, 0.3) is 0 Å². The molecule has 1 saturated heterocycles. The number of imide groups is 1. The van der Waals surface area contributed by atoms with E-state index in [0.29, 0.717) is 47.6 Å². The van der Waals surface area contributed by atoms with E-state index in [9.17, 15) is 24.0 Å². The van der Waals surface area contributed by atoms with Crippen molar-refractivity contribution in [1.29, 1.82) is 0 Å². The predicted octanol–water partition coefficient (Wildman–Crippen LogP) is 5.84. The van der Waals surface area contributed by atoms with Crippen molar-refractivity contribution in [3.05, 3.63) is 102 Å². The van der Waals surface area contributed by atoms with E-state index in [-0.39, 0.29) is 18.1 Å².